The number of hydrogen-bond donors (Lipinski definition) is 0. The molecular formula is C17H21NO5S. The van der Waals surface area contributed by atoms with Crippen LogP contribution in [0.3, 0.4) is 0 Å². The number of rotatable bonds is 7. The number of furan rings is 1. The van der Waals surface area contributed by atoms with Crippen LogP contribution in [-0.2, 0) is 21.1 Å². The van der Waals surface area contributed by atoms with Gasteiger partial charge in [-0.3, -0.25) is 4.79 Å². The van der Waals surface area contributed by atoms with E-state index in [-0.39, 0.29) is 17.3 Å². The van der Waals surface area contributed by atoms with Crippen molar-refractivity contribution in [2.75, 3.05) is 26.5 Å². The van der Waals surface area contributed by atoms with Gasteiger partial charge in [0.2, 0.25) is 0 Å². The normalized spacial score (nSPS) is 11.5. The van der Waals surface area contributed by atoms with Crippen LogP contribution in [0.4, 0.5) is 0 Å². The molecule has 130 valence electrons. The van der Waals surface area contributed by atoms with E-state index in [2.05, 4.69) is 0 Å². The van der Waals surface area contributed by atoms with Gasteiger partial charge in [-0.25, -0.2) is 8.42 Å². The van der Waals surface area contributed by atoms with Gasteiger partial charge >= 0.3 is 0 Å². The van der Waals surface area contributed by atoms with E-state index in [1.807, 2.05) is 0 Å². The SMILES string of the molecule is COCCN(Cc1ccco1)C(=O)c1cc(S(C)(=O)=O)ccc1C. The molecule has 0 aliphatic carbocycles. The molecule has 1 amide bonds. The lowest BCUT2D eigenvalue weighted by Gasteiger charge is -2.22. The fraction of sp³-hybridized carbons (Fsp3) is 0.353. The highest BCUT2D eigenvalue weighted by Crippen LogP contribution is 2.19. The minimum atomic E-state index is -3.38. The topological polar surface area (TPSA) is 76.8 Å². The highest BCUT2D eigenvalue weighted by molar-refractivity contribution is 7.90. The van der Waals surface area contributed by atoms with Crippen LogP contribution >= 0.6 is 0 Å². The Balaban J connectivity index is 2.34. The first-order valence-corrected chi connectivity index (χ1v) is 9.33. The summed E-state index contributed by atoms with van der Waals surface area (Å²) in [5, 5.41) is 0. The molecule has 1 aromatic heterocycles. The van der Waals surface area contributed by atoms with Crippen molar-refractivity contribution >= 4 is 15.7 Å². The van der Waals surface area contributed by atoms with Gasteiger partial charge in [0.15, 0.2) is 9.84 Å². The van der Waals surface area contributed by atoms with Gasteiger partial charge < -0.3 is 14.1 Å². The number of nitrogens with zero attached hydrogens (tertiary/aromatic N) is 1. The molecule has 7 heteroatoms. The number of amides is 1. The fourth-order valence-corrected chi connectivity index (χ4v) is 2.92. The molecular weight excluding hydrogens is 330 g/mol. The van der Waals surface area contributed by atoms with Gasteiger partial charge in [0.05, 0.1) is 24.3 Å². The number of aryl methyl sites for hydroxylation is 1. The minimum Gasteiger partial charge on any atom is -0.467 e. The van der Waals surface area contributed by atoms with Crippen molar-refractivity contribution in [2.24, 2.45) is 0 Å². The molecule has 0 atom stereocenters. The third-order valence-corrected chi connectivity index (χ3v) is 4.76. The second-order valence-corrected chi connectivity index (χ2v) is 7.56. The van der Waals surface area contributed by atoms with Crippen LogP contribution in [0.1, 0.15) is 21.7 Å². The van der Waals surface area contributed by atoms with Crippen LogP contribution in [0.5, 0.6) is 0 Å². The molecule has 2 aromatic rings. The largest absolute Gasteiger partial charge is 0.467 e. The monoisotopic (exact) mass is 351 g/mol. The summed E-state index contributed by atoms with van der Waals surface area (Å²) in [4.78, 5) is 14.6. The molecule has 24 heavy (non-hydrogen) atoms. The van der Waals surface area contributed by atoms with E-state index in [1.165, 1.54) is 12.1 Å². The molecule has 0 radical (unpaired) electrons. The first-order valence-electron chi connectivity index (χ1n) is 7.44. The summed E-state index contributed by atoms with van der Waals surface area (Å²) in [5.74, 6) is 0.392. The molecule has 6 nitrogen and oxygen atoms in total. The van der Waals surface area contributed by atoms with Crippen molar-refractivity contribution in [1.82, 2.24) is 4.90 Å². The van der Waals surface area contributed by atoms with Gasteiger partial charge in [0.1, 0.15) is 5.76 Å². The van der Waals surface area contributed by atoms with Gasteiger partial charge in [-0.15, -0.1) is 0 Å². The van der Waals surface area contributed by atoms with E-state index in [0.29, 0.717) is 30.0 Å². The molecule has 0 aliphatic heterocycles. The summed E-state index contributed by atoms with van der Waals surface area (Å²) >= 11 is 0. The van der Waals surface area contributed by atoms with E-state index in [9.17, 15) is 13.2 Å². The maximum Gasteiger partial charge on any atom is 0.254 e. The van der Waals surface area contributed by atoms with Crippen LogP contribution in [0.2, 0.25) is 0 Å². The average Bonchev–Trinajstić information content (AvgIpc) is 3.03. The van der Waals surface area contributed by atoms with Gasteiger partial charge in [0.25, 0.3) is 5.91 Å². The molecule has 0 aliphatic rings. The van der Waals surface area contributed by atoms with E-state index < -0.39 is 9.84 Å². The zero-order valence-corrected chi connectivity index (χ0v) is 14.8. The summed E-state index contributed by atoms with van der Waals surface area (Å²) in [5.41, 5.74) is 1.08. The Morgan fingerprint density at radius 2 is 2.04 bits per heavy atom. The van der Waals surface area contributed by atoms with Crippen molar-refractivity contribution < 1.29 is 22.4 Å². The average molecular weight is 351 g/mol. The van der Waals surface area contributed by atoms with Crippen molar-refractivity contribution in [3.8, 4) is 0 Å². The number of ether oxygens (including phenoxy) is 1. The number of sulfone groups is 1. The molecule has 0 bridgehead atoms. The molecule has 0 saturated carbocycles. The molecule has 0 N–H and O–H groups in total. The molecule has 1 heterocycles. The van der Waals surface area contributed by atoms with Crippen molar-refractivity contribution in [3.05, 3.63) is 53.5 Å². The van der Waals surface area contributed by atoms with E-state index in [0.717, 1.165) is 6.26 Å². The van der Waals surface area contributed by atoms with Crippen molar-refractivity contribution in [3.63, 3.8) is 0 Å². The predicted molar refractivity (Wildman–Crippen MR) is 89.6 cm³/mol. The third kappa shape index (κ3) is 4.46. The summed E-state index contributed by atoms with van der Waals surface area (Å²) in [7, 11) is -1.82. The summed E-state index contributed by atoms with van der Waals surface area (Å²) in [6.45, 7) is 2.81. The van der Waals surface area contributed by atoms with Crippen LogP contribution in [0.25, 0.3) is 0 Å². The van der Waals surface area contributed by atoms with Crippen LogP contribution < -0.4 is 0 Å². The van der Waals surface area contributed by atoms with Crippen LogP contribution in [0, 0.1) is 6.92 Å². The second-order valence-electron chi connectivity index (χ2n) is 5.55. The first-order chi connectivity index (χ1) is 11.3. The Labute approximate surface area is 141 Å². The molecule has 0 fully saturated rings. The summed E-state index contributed by atoms with van der Waals surface area (Å²) in [6, 6.07) is 8.12. The number of carbonyl (C=O) groups is 1. The highest BCUT2D eigenvalue weighted by atomic mass is 32.2. The molecule has 0 saturated heterocycles. The lowest BCUT2D eigenvalue weighted by Crippen LogP contribution is -2.34. The Kier molecular flexibility index (Phi) is 5.80. The Bertz CT molecular complexity index is 796. The first kappa shape index (κ1) is 18.2. The van der Waals surface area contributed by atoms with Crippen LogP contribution in [0.15, 0.2) is 45.9 Å². The fourth-order valence-electron chi connectivity index (χ4n) is 2.28. The quantitative estimate of drug-likeness (QED) is 0.765. The summed E-state index contributed by atoms with van der Waals surface area (Å²) in [6.07, 6.45) is 2.67. The van der Waals surface area contributed by atoms with Gasteiger partial charge in [-0.1, -0.05) is 6.07 Å². The predicted octanol–water partition coefficient (Wildman–Crippen LogP) is 2.28. The van der Waals surface area contributed by atoms with Crippen molar-refractivity contribution in [1.29, 1.82) is 0 Å². The van der Waals surface area contributed by atoms with Gasteiger partial charge in [-0.2, -0.15) is 0 Å². The van der Waals surface area contributed by atoms with E-state index in [1.54, 1.807) is 43.4 Å². The van der Waals surface area contributed by atoms with Crippen LogP contribution in [-0.4, -0.2) is 45.7 Å². The Morgan fingerprint density at radius 1 is 1.29 bits per heavy atom. The lowest BCUT2D eigenvalue weighted by atomic mass is 10.1. The molecule has 0 unspecified atom stereocenters. The Morgan fingerprint density at radius 3 is 2.62 bits per heavy atom. The number of benzene rings is 1. The molecule has 1 aromatic carbocycles. The second kappa shape index (κ2) is 7.63. The maximum atomic E-state index is 12.9. The molecule has 0 spiro atoms. The van der Waals surface area contributed by atoms with Gasteiger partial charge in [-0.05, 0) is 36.8 Å². The minimum absolute atomic E-state index is 0.126. The Hall–Kier alpha value is -2.12. The smallest absolute Gasteiger partial charge is 0.254 e. The maximum absolute atomic E-state index is 12.9. The lowest BCUT2D eigenvalue weighted by molar-refractivity contribution is 0.0665. The van der Waals surface area contributed by atoms with E-state index >= 15 is 0 Å². The summed E-state index contributed by atoms with van der Waals surface area (Å²) < 4.78 is 33.9. The number of hydrogen-bond acceptors (Lipinski definition) is 5. The molecule has 2 rings (SSSR count). The third-order valence-electron chi connectivity index (χ3n) is 3.65. The standard InChI is InChI=1S/C17H21NO5S/c1-13-6-7-15(24(3,20)21)11-16(13)17(19)18(8-10-22-2)12-14-5-4-9-23-14/h4-7,9,11H,8,10,12H2,1-3H3. The van der Waals surface area contributed by atoms with Crippen molar-refractivity contribution in [2.45, 2.75) is 18.4 Å². The van der Waals surface area contributed by atoms with Gasteiger partial charge in [0, 0.05) is 25.5 Å². The van der Waals surface area contributed by atoms with E-state index in [4.69, 9.17) is 9.15 Å². The zero-order valence-electron chi connectivity index (χ0n) is 14.0. The number of carbonyl (C=O) groups excluding carboxylic acids is 1. The number of methoxy groups -OCH3 is 1. The zero-order chi connectivity index (χ0) is 17.7. The highest BCUT2D eigenvalue weighted by Gasteiger charge is 2.21.